The molecule has 1 saturated heterocycles. The quantitative estimate of drug-likeness (QED) is 0.731. The molecule has 0 saturated carbocycles. The first-order valence-corrected chi connectivity index (χ1v) is 6.18. The van der Waals surface area contributed by atoms with Gasteiger partial charge in [-0.25, -0.2) is 0 Å². The van der Waals surface area contributed by atoms with Crippen LogP contribution in [-0.2, 0) is 9.53 Å². The number of hydrogen-bond donors (Lipinski definition) is 2. The van der Waals surface area contributed by atoms with Crippen LogP contribution < -0.4 is 10.6 Å². The molecule has 1 rings (SSSR count). The van der Waals surface area contributed by atoms with Crippen LogP contribution in [-0.4, -0.2) is 38.8 Å². The lowest BCUT2D eigenvalue weighted by atomic mass is 9.87. The summed E-state index contributed by atoms with van der Waals surface area (Å²) in [6.45, 7) is 6.35. The van der Waals surface area contributed by atoms with E-state index in [0.717, 1.165) is 26.0 Å². The van der Waals surface area contributed by atoms with Crippen LogP contribution in [0, 0.1) is 11.8 Å². The van der Waals surface area contributed by atoms with Gasteiger partial charge in [-0.2, -0.15) is 0 Å². The molecule has 0 aromatic rings. The van der Waals surface area contributed by atoms with Gasteiger partial charge >= 0.3 is 0 Å². The van der Waals surface area contributed by atoms with Crippen LogP contribution in [0.5, 0.6) is 0 Å². The normalized spacial score (nSPS) is 25.8. The summed E-state index contributed by atoms with van der Waals surface area (Å²) < 4.78 is 5.78. The SMILES string of the molecule is CNCC(=O)NCC1CCCOC1C(C)C. The number of amides is 1. The molecule has 0 spiro atoms. The van der Waals surface area contributed by atoms with Crippen LogP contribution >= 0.6 is 0 Å². The minimum atomic E-state index is 0.0654. The van der Waals surface area contributed by atoms with Crippen molar-refractivity contribution in [1.82, 2.24) is 10.6 Å². The number of likely N-dealkylation sites (N-methyl/N-ethyl adjacent to an activating group) is 1. The number of hydrogen-bond acceptors (Lipinski definition) is 3. The zero-order valence-electron chi connectivity index (χ0n) is 10.6. The third-order valence-corrected chi connectivity index (χ3v) is 3.05. The molecule has 0 bridgehead atoms. The molecule has 16 heavy (non-hydrogen) atoms. The number of carbonyl (C=O) groups is 1. The Morgan fingerprint density at radius 3 is 2.88 bits per heavy atom. The van der Waals surface area contributed by atoms with Gasteiger partial charge in [-0.3, -0.25) is 4.79 Å². The van der Waals surface area contributed by atoms with Gasteiger partial charge in [-0.05, 0) is 25.8 Å². The third kappa shape index (κ3) is 4.10. The van der Waals surface area contributed by atoms with Crippen molar-refractivity contribution in [3.8, 4) is 0 Å². The Morgan fingerprint density at radius 1 is 1.50 bits per heavy atom. The minimum absolute atomic E-state index is 0.0654. The monoisotopic (exact) mass is 228 g/mol. The molecule has 2 unspecified atom stereocenters. The number of nitrogens with one attached hydrogen (secondary N) is 2. The average Bonchev–Trinajstić information content (AvgIpc) is 2.27. The Balaban J connectivity index is 2.35. The highest BCUT2D eigenvalue weighted by molar-refractivity contribution is 5.77. The van der Waals surface area contributed by atoms with Gasteiger partial charge in [0.25, 0.3) is 0 Å². The Kier molecular flexibility index (Phi) is 5.77. The zero-order valence-corrected chi connectivity index (χ0v) is 10.6. The zero-order chi connectivity index (χ0) is 12.0. The van der Waals surface area contributed by atoms with E-state index in [-0.39, 0.29) is 5.91 Å². The second-order valence-electron chi connectivity index (χ2n) is 4.82. The van der Waals surface area contributed by atoms with Crippen molar-refractivity contribution in [2.75, 3.05) is 26.7 Å². The fourth-order valence-electron chi connectivity index (χ4n) is 2.29. The molecular formula is C12H24N2O2. The van der Waals surface area contributed by atoms with Gasteiger partial charge < -0.3 is 15.4 Å². The maximum Gasteiger partial charge on any atom is 0.233 e. The van der Waals surface area contributed by atoms with Crippen molar-refractivity contribution in [3.05, 3.63) is 0 Å². The van der Waals surface area contributed by atoms with Crippen LogP contribution in [0.1, 0.15) is 26.7 Å². The van der Waals surface area contributed by atoms with Crippen molar-refractivity contribution in [1.29, 1.82) is 0 Å². The Hall–Kier alpha value is -0.610. The van der Waals surface area contributed by atoms with Gasteiger partial charge in [0, 0.05) is 19.1 Å². The summed E-state index contributed by atoms with van der Waals surface area (Å²) in [5.74, 6) is 1.05. The van der Waals surface area contributed by atoms with E-state index < -0.39 is 0 Å². The standard InChI is InChI=1S/C12H24N2O2/c1-9(2)12-10(5-4-6-16-12)7-14-11(15)8-13-3/h9-10,12-13H,4-8H2,1-3H3,(H,14,15). The largest absolute Gasteiger partial charge is 0.378 e. The first-order chi connectivity index (χ1) is 7.65. The summed E-state index contributed by atoms with van der Waals surface area (Å²) in [5, 5.41) is 5.80. The Labute approximate surface area is 98.1 Å². The molecule has 2 N–H and O–H groups in total. The average molecular weight is 228 g/mol. The van der Waals surface area contributed by atoms with E-state index in [4.69, 9.17) is 4.74 Å². The summed E-state index contributed by atoms with van der Waals surface area (Å²) in [7, 11) is 1.78. The van der Waals surface area contributed by atoms with Crippen LogP contribution in [0.2, 0.25) is 0 Å². The van der Waals surface area contributed by atoms with Crippen molar-refractivity contribution in [2.45, 2.75) is 32.8 Å². The Bertz CT molecular complexity index is 219. The summed E-state index contributed by atoms with van der Waals surface area (Å²) >= 11 is 0. The minimum Gasteiger partial charge on any atom is -0.378 e. The molecule has 1 amide bonds. The maximum atomic E-state index is 11.3. The molecule has 1 aliphatic rings. The van der Waals surface area contributed by atoms with E-state index in [2.05, 4.69) is 24.5 Å². The number of carbonyl (C=O) groups excluding carboxylic acids is 1. The van der Waals surface area contributed by atoms with Gasteiger partial charge in [0.15, 0.2) is 0 Å². The summed E-state index contributed by atoms with van der Waals surface area (Å²) in [5.41, 5.74) is 0. The smallest absolute Gasteiger partial charge is 0.233 e. The van der Waals surface area contributed by atoms with Gasteiger partial charge in [-0.1, -0.05) is 13.8 Å². The highest BCUT2D eigenvalue weighted by Gasteiger charge is 2.28. The number of ether oxygens (including phenoxy) is 1. The lowest BCUT2D eigenvalue weighted by Gasteiger charge is -2.34. The van der Waals surface area contributed by atoms with Crippen LogP contribution in [0.25, 0.3) is 0 Å². The third-order valence-electron chi connectivity index (χ3n) is 3.05. The molecule has 2 atom stereocenters. The van der Waals surface area contributed by atoms with E-state index in [9.17, 15) is 4.79 Å². The predicted octanol–water partition coefficient (Wildman–Crippen LogP) is 0.773. The van der Waals surface area contributed by atoms with E-state index >= 15 is 0 Å². The van der Waals surface area contributed by atoms with Crippen molar-refractivity contribution >= 4 is 5.91 Å². The second kappa shape index (κ2) is 6.86. The molecule has 4 nitrogen and oxygen atoms in total. The lowest BCUT2D eigenvalue weighted by Crippen LogP contribution is -2.43. The van der Waals surface area contributed by atoms with Gasteiger partial charge in [-0.15, -0.1) is 0 Å². The molecular weight excluding hydrogens is 204 g/mol. The summed E-state index contributed by atoms with van der Waals surface area (Å²) in [4.78, 5) is 11.3. The molecule has 0 aromatic heterocycles. The fraction of sp³-hybridized carbons (Fsp3) is 0.917. The van der Waals surface area contributed by atoms with Crippen molar-refractivity contribution < 1.29 is 9.53 Å². The maximum absolute atomic E-state index is 11.3. The molecule has 0 aliphatic carbocycles. The first-order valence-electron chi connectivity index (χ1n) is 6.18. The summed E-state index contributed by atoms with van der Waals surface area (Å²) in [6.07, 6.45) is 2.56. The molecule has 1 heterocycles. The van der Waals surface area contributed by atoms with E-state index in [1.807, 2.05) is 0 Å². The summed E-state index contributed by atoms with van der Waals surface area (Å²) in [6, 6.07) is 0. The molecule has 1 aliphatic heterocycles. The van der Waals surface area contributed by atoms with E-state index in [0.29, 0.717) is 24.5 Å². The van der Waals surface area contributed by atoms with Crippen molar-refractivity contribution in [3.63, 3.8) is 0 Å². The fourth-order valence-corrected chi connectivity index (χ4v) is 2.29. The van der Waals surface area contributed by atoms with E-state index in [1.54, 1.807) is 7.05 Å². The van der Waals surface area contributed by atoms with Gasteiger partial charge in [0.05, 0.1) is 12.6 Å². The van der Waals surface area contributed by atoms with Crippen LogP contribution in [0.4, 0.5) is 0 Å². The van der Waals surface area contributed by atoms with E-state index in [1.165, 1.54) is 0 Å². The molecule has 94 valence electrons. The molecule has 0 radical (unpaired) electrons. The first kappa shape index (κ1) is 13.5. The van der Waals surface area contributed by atoms with Crippen LogP contribution in [0.15, 0.2) is 0 Å². The number of rotatable bonds is 5. The molecule has 4 heteroatoms. The van der Waals surface area contributed by atoms with Crippen molar-refractivity contribution in [2.24, 2.45) is 11.8 Å². The predicted molar refractivity (Wildman–Crippen MR) is 64.2 cm³/mol. The highest BCUT2D eigenvalue weighted by atomic mass is 16.5. The lowest BCUT2D eigenvalue weighted by molar-refractivity contribution is -0.121. The van der Waals surface area contributed by atoms with Gasteiger partial charge in [0.2, 0.25) is 5.91 Å². The Morgan fingerprint density at radius 2 is 2.25 bits per heavy atom. The van der Waals surface area contributed by atoms with Gasteiger partial charge in [0.1, 0.15) is 0 Å². The van der Waals surface area contributed by atoms with Crippen LogP contribution in [0.3, 0.4) is 0 Å². The molecule has 1 fully saturated rings. The topological polar surface area (TPSA) is 50.4 Å². The highest BCUT2D eigenvalue weighted by Crippen LogP contribution is 2.25. The second-order valence-corrected chi connectivity index (χ2v) is 4.82. The molecule has 0 aromatic carbocycles.